The summed E-state index contributed by atoms with van der Waals surface area (Å²) in [5, 5.41) is 4.41. The van der Waals surface area contributed by atoms with Gasteiger partial charge in [-0.15, -0.1) is 0 Å². The molecule has 0 amide bonds. The second-order valence-corrected chi connectivity index (χ2v) is 5.08. The minimum absolute atomic E-state index is 0.156. The molecule has 5 heteroatoms. The van der Waals surface area contributed by atoms with Gasteiger partial charge in [-0.25, -0.2) is 9.48 Å². The number of benzene rings is 1. The molecule has 0 atom stereocenters. The molecular weight excluding hydrogens is 278 g/mol. The second kappa shape index (κ2) is 5.89. The molecule has 0 bridgehead atoms. The van der Waals surface area contributed by atoms with Crippen LogP contribution < -0.4 is 0 Å². The minimum Gasteiger partial charge on any atom is -0.454 e. The number of carbonyl (C=O) groups is 1. The number of esters is 1. The Bertz CT molecular complexity index is 787. The summed E-state index contributed by atoms with van der Waals surface area (Å²) < 4.78 is 8.89. The van der Waals surface area contributed by atoms with Gasteiger partial charge in [0.05, 0.1) is 5.69 Å². The first kappa shape index (κ1) is 14.1. The van der Waals surface area contributed by atoms with Crippen LogP contribution in [0.5, 0.6) is 0 Å². The minimum atomic E-state index is -0.343. The first-order valence-electron chi connectivity index (χ1n) is 7.04. The maximum absolute atomic E-state index is 12.1. The molecule has 22 heavy (non-hydrogen) atoms. The Morgan fingerprint density at radius 3 is 2.59 bits per heavy atom. The number of hydrogen-bond acceptors (Lipinski definition) is 3. The Hall–Kier alpha value is -2.82. The van der Waals surface area contributed by atoms with Gasteiger partial charge in [-0.1, -0.05) is 18.2 Å². The van der Waals surface area contributed by atoms with Gasteiger partial charge in [-0.3, -0.25) is 0 Å². The van der Waals surface area contributed by atoms with E-state index in [9.17, 15) is 4.79 Å². The lowest BCUT2D eigenvalue weighted by atomic mass is 10.3. The molecule has 112 valence electrons. The van der Waals surface area contributed by atoms with E-state index >= 15 is 0 Å². The van der Waals surface area contributed by atoms with Gasteiger partial charge in [0.15, 0.2) is 0 Å². The summed E-state index contributed by atoms with van der Waals surface area (Å²) in [5.41, 5.74) is 3.24. The molecule has 2 aromatic heterocycles. The zero-order valence-electron chi connectivity index (χ0n) is 12.6. The lowest BCUT2D eigenvalue weighted by Crippen LogP contribution is -2.11. The van der Waals surface area contributed by atoms with Crippen molar-refractivity contribution in [3.8, 4) is 5.69 Å². The standard InChI is InChI=1S/C17H17N3O2/c1-13-8-9-16(19(13)2)17(21)22-12-14-10-11-20(18-14)15-6-4-3-5-7-15/h3-11H,12H2,1-2H3. The second-order valence-electron chi connectivity index (χ2n) is 5.08. The summed E-state index contributed by atoms with van der Waals surface area (Å²) in [6.07, 6.45) is 1.85. The van der Waals surface area contributed by atoms with Crippen molar-refractivity contribution in [3.63, 3.8) is 0 Å². The average molecular weight is 295 g/mol. The molecule has 0 fully saturated rings. The molecule has 0 unspecified atom stereocenters. The van der Waals surface area contributed by atoms with E-state index < -0.39 is 0 Å². The first-order chi connectivity index (χ1) is 10.6. The van der Waals surface area contributed by atoms with Gasteiger partial charge in [0.1, 0.15) is 18.0 Å². The Balaban J connectivity index is 1.66. The molecule has 3 rings (SSSR count). The van der Waals surface area contributed by atoms with Crippen LogP contribution in [0.4, 0.5) is 0 Å². The summed E-state index contributed by atoms with van der Waals surface area (Å²) in [6.45, 7) is 2.10. The van der Waals surface area contributed by atoms with Crippen LogP contribution in [0.3, 0.4) is 0 Å². The number of ether oxygens (including phenoxy) is 1. The van der Waals surface area contributed by atoms with E-state index in [4.69, 9.17) is 4.74 Å². The van der Waals surface area contributed by atoms with Crippen molar-refractivity contribution in [2.45, 2.75) is 13.5 Å². The smallest absolute Gasteiger partial charge is 0.355 e. The van der Waals surface area contributed by atoms with Gasteiger partial charge in [0, 0.05) is 18.9 Å². The van der Waals surface area contributed by atoms with Crippen LogP contribution in [0.1, 0.15) is 21.9 Å². The Morgan fingerprint density at radius 1 is 1.14 bits per heavy atom. The van der Waals surface area contributed by atoms with E-state index in [2.05, 4.69) is 5.10 Å². The van der Waals surface area contributed by atoms with Crippen LogP contribution in [-0.4, -0.2) is 20.3 Å². The molecular formula is C17H17N3O2. The number of aryl methyl sites for hydroxylation is 1. The predicted molar refractivity (Wildman–Crippen MR) is 82.8 cm³/mol. The van der Waals surface area contributed by atoms with Crippen molar-refractivity contribution >= 4 is 5.97 Å². The zero-order chi connectivity index (χ0) is 15.5. The van der Waals surface area contributed by atoms with E-state index in [0.717, 1.165) is 11.4 Å². The average Bonchev–Trinajstić information content (AvgIpc) is 3.14. The van der Waals surface area contributed by atoms with Crippen molar-refractivity contribution in [2.75, 3.05) is 0 Å². The maximum Gasteiger partial charge on any atom is 0.355 e. The monoisotopic (exact) mass is 295 g/mol. The number of nitrogens with zero attached hydrogens (tertiary/aromatic N) is 3. The molecule has 2 heterocycles. The van der Waals surface area contributed by atoms with Gasteiger partial charge in [0.25, 0.3) is 0 Å². The molecule has 0 N–H and O–H groups in total. The van der Waals surface area contributed by atoms with Crippen LogP contribution in [0.15, 0.2) is 54.7 Å². The summed E-state index contributed by atoms with van der Waals surface area (Å²) in [4.78, 5) is 12.1. The third-order valence-electron chi connectivity index (χ3n) is 3.60. The summed E-state index contributed by atoms with van der Waals surface area (Å²) in [6, 6.07) is 15.3. The van der Waals surface area contributed by atoms with Crippen LogP contribution in [-0.2, 0) is 18.4 Å². The maximum atomic E-state index is 12.1. The number of aromatic nitrogens is 3. The fraction of sp³-hybridized carbons (Fsp3) is 0.176. The van der Waals surface area contributed by atoms with Crippen LogP contribution in [0, 0.1) is 6.92 Å². The molecule has 3 aromatic rings. The largest absolute Gasteiger partial charge is 0.454 e. The quantitative estimate of drug-likeness (QED) is 0.695. The van der Waals surface area contributed by atoms with Gasteiger partial charge < -0.3 is 9.30 Å². The highest BCUT2D eigenvalue weighted by Gasteiger charge is 2.13. The fourth-order valence-corrected chi connectivity index (χ4v) is 2.19. The molecule has 0 aliphatic carbocycles. The Labute approximate surface area is 128 Å². The van der Waals surface area contributed by atoms with Crippen molar-refractivity contribution in [3.05, 3.63) is 71.8 Å². The van der Waals surface area contributed by atoms with Crippen molar-refractivity contribution < 1.29 is 9.53 Å². The Kier molecular flexibility index (Phi) is 3.78. The third-order valence-corrected chi connectivity index (χ3v) is 3.60. The predicted octanol–water partition coefficient (Wildman–Crippen LogP) is 2.88. The molecule has 0 saturated heterocycles. The topological polar surface area (TPSA) is 49.1 Å². The van der Waals surface area contributed by atoms with E-state index in [1.165, 1.54) is 0 Å². The molecule has 1 aromatic carbocycles. The fourth-order valence-electron chi connectivity index (χ4n) is 2.19. The number of para-hydroxylation sites is 1. The highest BCUT2D eigenvalue weighted by molar-refractivity contribution is 5.87. The van der Waals surface area contributed by atoms with Gasteiger partial charge in [-0.05, 0) is 37.3 Å². The SMILES string of the molecule is Cc1ccc(C(=O)OCc2ccn(-c3ccccc3)n2)n1C. The molecule has 0 spiro atoms. The number of rotatable bonds is 4. The van der Waals surface area contributed by atoms with E-state index in [0.29, 0.717) is 11.4 Å². The van der Waals surface area contributed by atoms with Crippen molar-refractivity contribution in [1.82, 2.24) is 14.3 Å². The van der Waals surface area contributed by atoms with Gasteiger partial charge >= 0.3 is 5.97 Å². The molecule has 5 nitrogen and oxygen atoms in total. The zero-order valence-corrected chi connectivity index (χ0v) is 12.6. The number of carbonyl (C=O) groups excluding carboxylic acids is 1. The third kappa shape index (κ3) is 2.79. The van der Waals surface area contributed by atoms with Crippen LogP contribution in [0.2, 0.25) is 0 Å². The molecule has 0 aliphatic rings. The first-order valence-corrected chi connectivity index (χ1v) is 7.04. The normalized spacial score (nSPS) is 10.6. The van der Waals surface area contributed by atoms with E-state index in [1.54, 1.807) is 10.7 Å². The van der Waals surface area contributed by atoms with Crippen LogP contribution >= 0.6 is 0 Å². The molecule has 0 radical (unpaired) electrons. The highest BCUT2D eigenvalue weighted by atomic mass is 16.5. The lowest BCUT2D eigenvalue weighted by molar-refractivity contribution is 0.0456. The van der Waals surface area contributed by atoms with E-state index in [-0.39, 0.29) is 12.6 Å². The van der Waals surface area contributed by atoms with E-state index in [1.807, 2.05) is 67.2 Å². The van der Waals surface area contributed by atoms with Crippen molar-refractivity contribution in [1.29, 1.82) is 0 Å². The van der Waals surface area contributed by atoms with Crippen molar-refractivity contribution in [2.24, 2.45) is 7.05 Å². The summed E-state index contributed by atoms with van der Waals surface area (Å²) >= 11 is 0. The van der Waals surface area contributed by atoms with Gasteiger partial charge in [0.2, 0.25) is 0 Å². The molecule has 0 saturated carbocycles. The molecule has 0 aliphatic heterocycles. The van der Waals surface area contributed by atoms with Crippen LogP contribution in [0.25, 0.3) is 5.69 Å². The Morgan fingerprint density at radius 2 is 1.91 bits per heavy atom. The summed E-state index contributed by atoms with van der Waals surface area (Å²) in [7, 11) is 1.84. The highest BCUT2D eigenvalue weighted by Crippen LogP contribution is 2.10. The lowest BCUT2D eigenvalue weighted by Gasteiger charge is -2.05. The number of hydrogen-bond donors (Lipinski definition) is 0. The van der Waals surface area contributed by atoms with Gasteiger partial charge in [-0.2, -0.15) is 5.10 Å². The summed E-state index contributed by atoms with van der Waals surface area (Å²) in [5.74, 6) is -0.343.